The van der Waals surface area contributed by atoms with Crippen molar-refractivity contribution in [1.82, 2.24) is 4.90 Å². The van der Waals surface area contributed by atoms with Crippen molar-refractivity contribution in [2.45, 2.75) is 64.3 Å². The van der Waals surface area contributed by atoms with E-state index in [1.54, 1.807) is 18.2 Å². The number of unbranched alkanes of at least 4 members (excludes halogenated alkanes) is 3. The van der Waals surface area contributed by atoms with Gasteiger partial charge in [-0.2, -0.15) is 0 Å². The minimum Gasteiger partial charge on any atom is -0.336 e. The smallest absolute Gasteiger partial charge is 0.255 e. The van der Waals surface area contributed by atoms with Gasteiger partial charge in [0.25, 0.3) is 5.91 Å². The Kier molecular flexibility index (Phi) is 10.7. The van der Waals surface area contributed by atoms with Gasteiger partial charge in [-0.25, -0.2) is 0 Å². The summed E-state index contributed by atoms with van der Waals surface area (Å²) in [6, 6.07) is 5.37. The van der Waals surface area contributed by atoms with Crippen LogP contribution in [0.15, 0.2) is 18.2 Å². The van der Waals surface area contributed by atoms with Crippen LogP contribution in [0.2, 0.25) is 5.02 Å². The number of nitrogens with two attached hydrogens (primary N) is 1. The lowest BCUT2D eigenvalue weighted by atomic mass is 10.0. The molecule has 1 unspecified atom stereocenters. The topological polar surface area (TPSA) is 75.4 Å². The lowest BCUT2D eigenvalue weighted by Gasteiger charge is -2.33. The Morgan fingerprint density at radius 2 is 1.96 bits per heavy atom. The van der Waals surface area contributed by atoms with E-state index in [2.05, 4.69) is 12.2 Å². The molecule has 1 aromatic carbocycles. The monoisotopic (exact) mass is 415 g/mol. The highest BCUT2D eigenvalue weighted by molar-refractivity contribution is 6.34. The summed E-state index contributed by atoms with van der Waals surface area (Å²) in [4.78, 5) is 26.6. The van der Waals surface area contributed by atoms with Crippen molar-refractivity contribution < 1.29 is 9.59 Å². The van der Waals surface area contributed by atoms with Crippen LogP contribution in [0.1, 0.15) is 68.6 Å². The molecule has 1 aliphatic rings. The summed E-state index contributed by atoms with van der Waals surface area (Å²) in [7, 11) is 0. The predicted octanol–water partition coefficient (Wildman–Crippen LogP) is 4.62. The van der Waals surface area contributed by atoms with Crippen LogP contribution in [0.3, 0.4) is 0 Å². The number of piperidine rings is 1. The molecule has 1 saturated heterocycles. The van der Waals surface area contributed by atoms with Crippen LogP contribution in [0.4, 0.5) is 5.69 Å². The first-order chi connectivity index (χ1) is 12.5. The molecule has 3 N–H and O–H groups in total. The summed E-state index contributed by atoms with van der Waals surface area (Å²) < 4.78 is 0. The quantitative estimate of drug-likeness (QED) is 0.607. The molecule has 152 valence electrons. The molecular weight excluding hydrogens is 385 g/mol. The fraction of sp³-hybridized carbons (Fsp3) is 0.600. The van der Waals surface area contributed by atoms with Crippen molar-refractivity contribution >= 4 is 41.5 Å². The molecule has 5 nitrogen and oxygen atoms in total. The number of likely N-dealkylation sites (tertiary alicyclic amines) is 1. The summed E-state index contributed by atoms with van der Waals surface area (Å²) in [6.07, 6.45) is 7.62. The predicted molar refractivity (Wildman–Crippen MR) is 114 cm³/mol. The fourth-order valence-corrected chi connectivity index (χ4v) is 3.59. The summed E-state index contributed by atoms with van der Waals surface area (Å²) in [6.45, 7) is 3.55. The largest absolute Gasteiger partial charge is 0.336 e. The molecule has 0 spiro atoms. The van der Waals surface area contributed by atoms with E-state index in [-0.39, 0.29) is 30.3 Å². The number of halogens is 2. The first kappa shape index (κ1) is 23.7. The van der Waals surface area contributed by atoms with Gasteiger partial charge in [-0.15, -0.1) is 12.4 Å². The van der Waals surface area contributed by atoms with Crippen LogP contribution in [0.25, 0.3) is 0 Å². The molecule has 2 rings (SSSR count). The van der Waals surface area contributed by atoms with E-state index >= 15 is 0 Å². The minimum atomic E-state index is -0.0301. The third-order valence-corrected chi connectivity index (χ3v) is 5.22. The first-order valence-corrected chi connectivity index (χ1v) is 10.0. The molecule has 0 bridgehead atoms. The number of amides is 2. The molecule has 7 heteroatoms. The van der Waals surface area contributed by atoms with Crippen LogP contribution >= 0.6 is 24.0 Å². The van der Waals surface area contributed by atoms with E-state index in [0.29, 0.717) is 29.2 Å². The standard InChI is InChI=1S/C20H30ClN3O2.ClH/c1-15-8-5-7-13-24(15)20(26)17-11-10-16(14-18(17)21)23-19(25)9-4-2-3-6-12-22;/h10-11,14-15H,2-9,12-13,22H2,1H3,(H,23,25);1H. The van der Waals surface area contributed by atoms with Gasteiger partial charge in [-0.1, -0.05) is 24.4 Å². The van der Waals surface area contributed by atoms with Gasteiger partial charge in [0.05, 0.1) is 10.6 Å². The molecule has 2 amide bonds. The molecule has 0 saturated carbocycles. The Morgan fingerprint density at radius 3 is 2.63 bits per heavy atom. The van der Waals surface area contributed by atoms with Crippen molar-refractivity contribution in [2.75, 3.05) is 18.4 Å². The number of carbonyl (C=O) groups is 2. The highest BCUT2D eigenvalue weighted by atomic mass is 35.5. The number of rotatable bonds is 8. The summed E-state index contributed by atoms with van der Waals surface area (Å²) in [5.74, 6) is -0.0578. The van der Waals surface area contributed by atoms with Gasteiger partial charge in [0.1, 0.15) is 0 Å². The number of hydrogen-bond acceptors (Lipinski definition) is 3. The second-order valence-corrected chi connectivity index (χ2v) is 7.45. The maximum absolute atomic E-state index is 12.7. The van der Waals surface area contributed by atoms with Gasteiger partial charge in [0.2, 0.25) is 5.91 Å². The lowest BCUT2D eigenvalue weighted by molar-refractivity contribution is -0.116. The van der Waals surface area contributed by atoms with E-state index in [0.717, 1.165) is 51.5 Å². The number of hydrogen-bond donors (Lipinski definition) is 2. The van der Waals surface area contributed by atoms with Crippen molar-refractivity contribution in [1.29, 1.82) is 0 Å². The van der Waals surface area contributed by atoms with Crippen molar-refractivity contribution in [3.8, 4) is 0 Å². The van der Waals surface area contributed by atoms with E-state index < -0.39 is 0 Å². The lowest BCUT2D eigenvalue weighted by Crippen LogP contribution is -2.42. The van der Waals surface area contributed by atoms with Crippen LogP contribution in [0.5, 0.6) is 0 Å². The molecule has 27 heavy (non-hydrogen) atoms. The fourth-order valence-electron chi connectivity index (χ4n) is 3.33. The molecule has 1 fully saturated rings. The summed E-state index contributed by atoms with van der Waals surface area (Å²) in [5.41, 5.74) is 6.59. The van der Waals surface area contributed by atoms with Crippen LogP contribution in [0, 0.1) is 0 Å². The molecule has 1 heterocycles. The van der Waals surface area contributed by atoms with Crippen LogP contribution < -0.4 is 11.1 Å². The third kappa shape index (κ3) is 7.32. The third-order valence-electron chi connectivity index (χ3n) is 4.91. The van der Waals surface area contributed by atoms with E-state index in [1.165, 1.54) is 0 Å². The van der Waals surface area contributed by atoms with Crippen molar-refractivity contribution in [3.63, 3.8) is 0 Å². The van der Waals surface area contributed by atoms with Gasteiger partial charge in [0.15, 0.2) is 0 Å². The number of nitrogens with one attached hydrogen (secondary N) is 1. The zero-order valence-electron chi connectivity index (χ0n) is 16.0. The minimum absolute atomic E-state index is 0. The second kappa shape index (κ2) is 12.2. The maximum Gasteiger partial charge on any atom is 0.255 e. The zero-order valence-corrected chi connectivity index (χ0v) is 17.6. The molecule has 0 radical (unpaired) electrons. The van der Waals surface area contributed by atoms with Gasteiger partial charge in [-0.3, -0.25) is 9.59 Å². The first-order valence-electron chi connectivity index (χ1n) is 9.63. The van der Waals surface area contributed by atoms with E-state index in [9.17, 15) is 9.59 Å². The van der Waals surface area contributed by atoms with Gasteiger partial charge in [-0.05, 0) is 63.8 Å². The molecule has 1 aromatic rings. The zero-order chi connectivity index (χ0) is 18.9. The maximum atomic E-state index is 12.7. The number of anilines is 1. The van der Waals surface area contributed by atoms with Crippen molar-refractivity contribution in [2.24, 2.45) is 5.73 Å². The Labute approximate surface area is 173 Å². The average Bonchev–Trinajstić information content (AvgIpc) is 2.61. The summed E-state index contributed by atoms with van der Waals surface area (Å²) >= 11 is 6.33. The Bertz CT molecular complexity index is 625. The molecule has 0 aliphatic carbocycles. The number of nitrogens with zero attached hydrogens (tertiary/aromatic N) is 1. The summed E-state index contributed by atoms with van der Waals surface area (Å²) in [5, 5.41) is 3.24. The Balaban J connectivity index is 0.00000364. The normalized spacial score (nSPS) is 16.6. The van der Waals surface area contributed by atoms with Gasteiger partial charge < -0.3 is 16.0 Å². The average molecular weight is 416 g/mol. The van der Waals surface area contributed by atoms with Gasteiger partial charge in [0, 0.05) is 24.7 Å². The Morgan fingerprint density at radius 1 is 1.22 bits per heavy atom. The molecule has 1 aliphatic heterocycles. The SMILES string of the molecule is CC1CCCCN1C(=O)c1ccc(NC(=O)CCCCCCN)cc1Cl.Cl. The van der Waals surface area contributed by atoms with E-state index in [4.69, 9.17) is 17.3 Å². The highest BCUT2D eigenvalue weighted by Crippen LogP contribution is 2.26. The van der Waals surface area contributed by atoms with Crippen molar-refractivity contribution in [3.05, 3.63) is 28.8 Å². The molecule has 1 atom stereocenters. The second-order valence-electron chi connectivity index (χ2n) is 7.04. The number of carbonyl (C=O) groups excluding carboxylic acids is 2. The Hall–Kier alpha value is -1.30. The van der Waals surface area contributed by atoms with Crippen LogP contribution in [-0.2, 0) is 4.79 Å². The molecule has 0 aromatic heterocycles. The van der Waals surface area contributed by atoms with Crippen LogP contribution in [-0.4, -0.2) is 35.8 Å². The van der Waals surface area contributed by atoms with Gasteiger partial charge >= 0.3 is 0 Å². The number of benzene rings is 1. The highest BCUT2D eigenvalue weighted by Gasteiger charge is 2.25. The molecular formula is C20H31Cl2N3O2. The van der Waals surface area contributed by atoms with E-state index in [1.807, 2.05) is 4.90 Å².